The van der Waals surface area contributed by atoms with Crippen molar-refractivity contribution in [3.05, 3.63) is 24.3 Å². The smallest absolute Gasteiger partial charge is 0.305 e. The van der Waals surface area contributed by atoms with Crippen LogP contribution in [0.15, 0.2) is 24.3 Å². The molecule has 0 aromatic carbocycles. The third kappa shape index (κ3) is 33.9. The summed E-state index contributed by atoms with van der Waals surface area (Å²) in [6.45, 7) is 5.49. The molecule has 0 N–H and O–H groups in total. The lowest BCUT2D eigenvalue weighted by molar-refractivity contribution is -0.872. The van der Waals surface area contributed by atoms with E-state index in [9.17, 15) is 9.59 Å². The Morgan fingerprint density at radius 3 is 1.24 bits per heavy atom. The average molecular weight is 647 g/mol. The number of quaternary nitrogens is 1. The Bertz CT molecular complexity index is 736. The topological polar surface area (TPSA) is 43.4 Å². The van der Waals surface area contributed by atoms with E-state index in [0.717, 1.165) is 25.7 Å². The first-order valence-corrected chi connectivity index (χ1v) is 20.1. The number of Topliss-reactive ketones (excluding diaryl/α,β-unsaturated/α-hetero) is 1. The second kappa shape index (κ2) is 33.5. The van der Waals surface area contributed by atoms with Gasteiger partial charge in [0.1, 0.15) is 18.3 Å². The molecule has 0 aliphatic carbocycles. The highest BCUT2D eigenvalue weighted by atomic mass is 16.5. The van der Waals surface area contributed by atoms with Crippen LogP contribution in [-0.2, 0) is 14.3 Å². The molecule has 4 nitrogen and oxygen atoms in total. The summed E-state index contributed by atoms with van der Waals surface area (Å²) in [6, 6.07) is 0. The Morgan fingerprint density at radius 1 is 0.500 bits per heavy atom. The normalized spacial score (nSPS) is 12.8. The maximum absolute atomic E-state index is 13.1. The molecule has 0 aromatic rings. The molecule has 0 amide bonds. The predicted octanol–water partition coefficient (Wildman–Crippen LogP) is 12.5. The van der Waals surface area contributed by atoms with Crippen LogP contribution >= 0.6 is 0 Å². The van der Waals surface area contributed by atoms with Gasteiger partial charge in [0, 0.05) is 12.8 Å². The van der Waals surface area contributed by atoms with E-state index >= 15 is 0 Å². The van der Waals surface area contributed by atoms with Gasteiger partial charge in [-0.15, -0.1) is 0 Å². The summed E-state index contributed by atoms with van der Waals surface area (Å²) >= 11 is 0. The van der Waals surface area contributed by atoms with Crippen molar-refractivity contribution in [2.75, 3.05) is 34.3 Å². The number of esters is 1. The van der Waals surface area contributed by atoms with E-state index in [-0.39, 0.29) is 24.3 Å². The zero-order chi connectivity index (χ0) is 34.0. The van der Waals surface area contributed by atoms with E-state index in [4.69, 9.17) is 4.74 Å². The van der Waals surface area contributed by atoms with Crippen molar-refractivity contribution >= 4 is 11.8 Å². The van der Waals surface area contributed by atoms with Crippen molar-refractivity contribution in [1.29, 1.82) is 0 Å². The van der Waals surface area contributed by atoms with Crippen LogP contribution in [-0.4, -0.2) is 50.5 Å². The molecule has 0 spiro atoms. The van der Waals surface area contributed by atoms with Gasteiger partial charge in [0.05, 0.1) is 27.7 Å². The summed E-state index contributed by atoms with van der Waals surface area (Å²) in [4.78, 5) is 25.5. The molecule has 0 saturated heterocycles. The molecule has 0 rings (SSSR count). The first-order valence-electron chi connectivity index (χ1n) is 20.1. The second-order valence-electron chi connectivity index (χ2n) is 15.0. The minimum Gasteiger partial charge on any atom is -0.465 e. The number of allylic oxidation sites excluding steroid dienone is 4. The van der Waals surface area contributed by atoms with Crippen LogP contribution in [0.2, 0.25) is 0 Å². The minimum absolute atomic E-state index is 0.141. The Morgan fingerprint density at radius 2 is 0.848 bits per heavy atom. The van der Waals surface area contributed by atoms with Gasteiger partial charge in [0.2, 0.25) is 0 Å². The fourth-order valence-electron chi connectivity index (χ4n) is 6.09. The van der Waals surface area contributed by atoms with Crippen LogP contribution < -0.4 is 0 Å². The van der Waals surface area contributed by atoms with Gasteiger partial charge in [-0.25, -0.2) is 0 Å². The number of ketones is 1. The number of carbonyl (C=O) groups is 2. The third-order valence-corrected chi connectivity index (χ3v) is 9.00. The molecule has 1 unspecified atom stereocenters. The summed E-state index contributed by atoms with van der Waals surface area (Å²) in [7, 11) is 6.32. The monoisotopic (exact) mass is 647 g/mol. The first-order chi connectivity index (χ1) is 22.3. The van der Waals surface area contributed by atoms with Crippen LogP contribution in [0.1, 0.15) is 194 Å². The molecule has 0 heterocycles. The SMILES string of the molecule is CCCCCCCC/C=C/CCCCCCCC(=O)OCC(C[N+](C)(C)C)C(=O)CCCCCCC/C=C/CCCCCCCC. The lowest BCUT2D eigenvalue weighted by atomic mass is 9.98. The van der Waals surface area contributed by atoms with E-state index < -0.39 is 0 Å². The highest BCUT2D eigenvalue weighted by molar-refractivity contribution is 5.81. The maximum Gasteiger partial charge on any atom is 0.305 e. The molecule has 0 fully saturated rings. The molecule has 0 aromatic heterocycles. The van der Waals surface area contributed by atoms with E-state index in [1.807, 2.05) is 0 Å². The molecule has 0 saturated carbocycles. The van der Waals surface area contributed by atoms with Crippen LogP contribution in [0.3, 0.4) is 0 Å². The van der Waals surface area contributed by atoms with Crippen molar-refractivity contribution in [3.63, 3.8) is 0 Å². The van der Waals surface area contributed by atoms with E-state index in [2.05, 4.69) is 59.3 Å². The van der Waals surface area contributed by atoms with Crippen LogP contribution in [0, 0.1) is 5.92 Å². The molecule has 1 atom stereocenters. The molecule has 0 aliphatic heterocycles. The zero-order valence-corrected chi connectivity index (χ0v) is 31.8. The number of hydrogen-bond donors (Lipinski definition) is 0. The quantitative estimate of drug-likeness (QED) is 0.0298. The van der Waals surface area contributed by atoms with Gasteiger partial charge in [0.15, 0.2) is 0 Å². The van der Waals surface area contributed by atoms with Crippen molar-refractivity contribution in [2.45, 2.75) is 194 Å². The number of ether oxygens (including phenoxy) is 1. The number of carbonyl (C=O) groups excluding carboxylic acids is 2. The summed E-state index contributed by atoms with van der Waals surface area (Å²) in [5, 5.41) is 0. The van der Waals surface area contributed by atoms with Gasteiger partial charge in [-0.1, -0.05) is 141 Å². The molecule has 4 heteroatoms. The Kier molecular flexibility index (Phi) is 32.4. The predicted molar refractivity (Wildman–Crippen MR) is 201 cm³/mol. The second-order valence-corrected chi connectivity index (χ2v) is 15.0. The average Bonchev–Trinajstić information content (AvgIpc) is 3.02. The number of unbranched alkanes of at least 4 members (excludes halogenated alkanes) is 22. The van der Waals surface area contributed by atoms with Crippen LogP contribution in [0.4, 0.5) is 0 Å². The van der Waals surface area contributed by atoms with Gasteiger partial charge in [0.25, 0.3) is 0 Å². The van der Waals surface area contributed by atoms with Gasteiger partial charge >= 0.3 is 5.97 Å². The first kappa shape index (κ1) is 44.6. The third-order valence-electron chi connectivity index (χ3n) is 9.00. The molecule has 0 radical (unpaired) electrons. The van der Waals surface area contributed by atoms with Crippen molar-refractivity contribution < 1.29 is 18.8 Å². The summed E-state index contributed by atoms with van der Waals surface area (Å²) < 4.78 is 6.34. The number of hydrogen-bond acceptors (Lipinski definition) is 3. The van der Waals surface area contributed by atoms with Crippen LogP contribution in [0.5, 0.6) is 0 Å². The molecule has 270 valence electrons. The Hall–Kier alpha value is -1.42. The Labute approximate surface area is 288 Å². The Balaban J connectivity index is 3.91. The van der Waals surface area contributed by atoms with Crippen LogP contribution in [0.25, 0.3) is 0 Å². The number of nitrogens with zero attached hydrogens (tertiary/aromatic N) is 1. The fourth-order valence-corrected chi connectivity index (χ4v) is 6.09. The lowest BCUT2D eigenvalue weighted by Crippen LogP contribution is -2.43. The fraction of sp³-hybridized carbons (Fsp3) is 0.857. The highest BCUT2D eigenvalue weighted by Crippen LogP contribution is 2.15. The summed E-state index contributed by atoms with van der Waals surface area (Å²) in [5.74, 6) is -0.0767. The molecular weight excluding hydrogens is 566 g/mol. The van der Waals surface area contributed by atoms with E-state index in [0.29, 0.717) is 23.9 Å². The molecule has 0 bridgehead atoms. The maximum atomic E-state index is 13.1. The minimum atomic E-state index is -0.199. The molecule has 0 aliphatic rings. The van der Waals surface area contributed by atoms with Gasteiger partial charge < -0.3 is 9.22 Å². The van der Waals surface area contributed by atoms with Gasteiger partial charge in [-0.3, -0.25) is 9.59 Å². The molecular formula is C42H80NO3+. The highest BCUT2D eigenvalue weighted by Gasteiger charge is 2.26. The standard InChI is InChI=1S/C42H80NO3/c1-6-8-10-12-14-16-18-20-22-24-26-28-30-32-34-36-41(44)40(38-43(3,4)5)39-46-42(45)37-35-33-31-29-27-25-23-21-19-17-15-13-11-9-7-2/h20-23,40H,6-19,24-39H2,1-5H3/q+1/b22-20+,23-21+. The molecule has 46 heavy (non-hydrogen) atoms. The summed E-state index contributed by atoms with van der Waals surface area (Å²) in [5.41, 5.74) is 0. The van der Waals surface area contributed by atoms with Gasteiger partial charge in [-0.2, -0.15) is 0 Å². The van der Waals surface area contributed by atoms with Gasteiger partial charge in [-0.05, 0) is 64.2 Å². The zero-order valence-electron chi connectivity index (χ0n) is 31.8. The van der Waals surface area contributed by atoms with Crippen molar-refractivity contribution in [1.82, 2.24) is 0 Å². The lowest BCUT2D eigenvalue weighted by Gasteiger charge is -2.28. The largest absolute Gasteiger partial charge is 0.465 e. The van der Waals surface area contributed by atoms with Crippen molar-refractivity contribution in [2.24, 2.45) is 5.92 Å². The van der Waals surface area contributed by atoms with E-state index in [1.54, 1.807) is 0 Å². The summed E-state index contributed by atoms with van der Waals surface area (Å²) in [6.07, 6.45) is 43.1. The van der Waals surface area contributed by atoms with E-state index in [1.165, 1.54) is 141 Å². The van der Waals surface area contributed by atoms with Crippen molar-refractivity contribution in [3.8, 4) is 0 Å². The number of rotatable bonds is 35.